The van der Waals surface area contributed by atoms with Crippen molar-refractivity contribution in [1.82, 2.24) is 0 Å². The van der Waals surface area contributed by atoms with Crippen LogP contribution in [0.25, 0.3) is 0 Å². The number of halogens is 5. The summed E-state index contributed by atoms with van der Waals surface area (Å²) in [5.41, 5.74) is 3.37. The van der Waals surface area contributed by atoms with Crippen LogP contribution < -0.4 is 14.9 Å². The van der Waals surface area contributed by atoms with Crippen molar-refractivity contribution in [3.8, 4) is 11.5 Å². The highest BCUT2D eigenvalue weighted by Gasteiger charge is 2.12. The second-order valence-electron chi connectivity index (χ2n) is 4.34. The Hall–Kier alpha value is -2.48. The molecule has 0 radical (unpaired) electrons. The Kier molecular flexibility index (Phi) is 6.25. The molecule has 0 saturated heterocycles. The van der Waals surface area contributed by atoms with Gasteiger partial charge >= 0.3 is 13.2 Å². The van der Waals surface area contributed by atoms with Crippen LogP contribution in [0, 0.1) is 0 Å². The Labute approximate surface area is 139 Å². The summed E-state index contributed by atoms with van der Waals surface area (Å²) >= 11 is 5.81. The molecule has 0 heterocycles. The Morgan fingerprint density at radius 2 is 1.75 bits per heavy atom. The SMILES string of the molecule is FC(F)Oc1ccc(/C=N\Nc2cccc(Cl)c2)c(OC(F)F)c1. The lowest BCUT2D eigenvalue weighted by Crippen LogP contribution is -2.06. The number of nitrogens with zero attached hydrogens (tertiary/aromatic N) is 1. The number of ether oxygens (including phenoxy) is 2. The fourth-order valence-electron chi connectivity index (χ4n) is 1.73. The highest BCUT2D eigenvalue weighted by molar-refractivity contribution is 6.30. The molecule has 2 rings (SSSR count). The zero-order valence-corrected chi connectivity index (χ0v) is 12.7. The lowest BCUT2D eigenvalue weighted by molar-refractivity contribution is -0.0543. The molecular weight excluding hydrogens is 352 g/mol. The summed E-state index contributed by atoms with van der Waals surface area (Å²) in [7, 11) is 0. The minimum atomic E-state index is -3.13. The molecule has 0 aliphatic carbocycles. The summed E-state index contributed by atoms with van der Waals surface area (Å²) in [5, 5.41) is 4.36. The Morgan fingerprint density at radius 3 is 2.42 bits per heavy atom. The molecule has 0 amide bonds. The summed E-state index contributed by atoms with van der Waals surface area (Å²) in [6.45, 7) is -6.20. The third kappa shape index (κ3) is 5.62. The van der Waals surface area contributed by atoms with Crippen LogP contribution in [0.2, 0.25) is 5.02 Å². The van der Waals surface area contributed by atoms with Crippen LogP contribution in [0.1, 0.15) is 5.56 Å². The van der Waals surface area contributed by atoms with Crippen LogP contribution in [-0.4, -0.2) is 19.4 Å². The van der Waals surface area contributed by atoms with Crippen molar-refractivity contribution in [2.75, 3.05) is 5.43 Å². The Balaban J connectivity index is 2.16. The van der Waals surface area contributed by atoms with Crippen LogP contribution >= 0.6 is 11.6 Å². The van der Waals surface area contributed by atoms with E-state index in [4.69, 9.17) is 11.6 Å². The van der Waals surface area contributed by atoms with E-state index in [1.165, 1.54) is 18.3 Å². The molecule has 2 aromatic carbocycles. The van der Waals surface area contributed by atoms with Gasteiger partial charge in [0, 0.05) is 16.7 Å². The van der Waals surface area contributed by atoms with Crippen molar-refractivity contribution < 1.29 is 27.0 Å². The van der Waals surface area contributed by atoms with Gasteiger partial charge in [-0.25, -0.2) is 0 Å². The number of anilines is 1. The number of rotatable bonds is 7. The van der Waals surface area contributed by atoms with Gasteiger partial charge in [-0.15, -0.1) is 0 Å². The number of alkyl halides is 4. The molecule has 0 atom stereocenters. The summed E-state index contributed by atoms with van der Waals surface area (Å²) in [6.07, 6.45) is 1.20. The molecule has 1 N–H and O–H groups in total. The van der Waals surface area contributed by atoms with E-state index in [1.807, 2.05) is 0 Å². The van der Waals surface area contributed by atoms with Gasteiger partial charge in [0.2, 0.25) is 0 Å². The standard InChI is InChI=1S/C15H11ClF4N2O2/c16-10-2-1-3-11(6-10)22-21-8-9-4-5-12(23-14(17)18)7-13(9)24-15(19)20/h1-8,14-15,22H/b21-8-. The third-order valence-corrected chi connectivity index (χ3v) is 2.88. The number of hydrogen-bond acceptors (Lipinski definition) is 4. The summed E-state index contributed by atoms with van der Waals surface area (Å²) in [4.78, 5) is 0. The van der Waals surface area contributed by atoms with Gasteiger partial charge in [0.15, 0.2) is 0 Å². The molecule has 0 fully saturated rings. The molecule has 0 bridgehead atoms. The fraction of sp³-hybridized carbons (Fsp3) is 0.133. The molecule has 0 aliphatic rings. The molecular formula is C15H11ClF4N2O2. The predicted molar refractivity (Wildman–Crippen MR) is 82.4 cm³/mol. The molecule has 0 spiro atoms. The predicted octanol–water partition coefficient (Wildman–Crippen LogP) is 4.99. The first-order chi connectivity index (χ1) is 11.4. The Bertz CT molecular complexity index is 714. The molecule has 0 saturated carbocycles. The second-order valence-corrected chi connectivity index (χ2v) is 4.77. The van der Waals surface area contributed by atoms with E-state index in [2.05, 4.69) is 20.0 Å². The first-order valence-electron chi connectivity index (χ1n) is 6.52. The van der Waals surface area contributed by atoms with Gasteiger partial charge in [0.25, 0.3) is 0 Å². The molecule has 0 aliphatic heterocycles. The van der Waals surface area contributed by atoms with E-state index >= 15 is 0 Å². The van der Waals surface area contributed by atoms with Gasteiger partial charge in [-0.3, -0.25) is 5.43 Å². The molecule has 0 unspecified atom stereocenters. The minimum absolute atomic E-state index is 0.145. The van der Waals surface area contributed by atoms with Crippen LogP contribution in [0.4, 0.5) is 23.2 Å². The van der Waals surface area contributed by atoms with Crippen molar-refractivity contribution in [2.24, 2.45) is 5.10 Å². The minimum Gasteiger partial charge on any atom is -0.435 e. The van der Waals surface area contributed by atoms with E-state index in [-0.39, 0.29) is 17.1 Å². The first-order valence-corrected chi connectivity index (χ1v) is 6.90. The monoisotopic (exact) mass is 362 g/mol. The van der Waals surface area contributed by atoms with Crippen LogP contribution in [0.15, 0.2) is 47.6 Å². The number of benzene rings is 2. The number of nitrogens with one attached hydrogen (secondary N) is 1. The topological polar surface area (TPSA) is 42.8 Å². The normalized spacial score (nSPS) is 11.3. The van der Waals surface area contributed by atoms with Crippen molar-refractivity contribution in [3.05, 3.63) is 53.1 Å². The fourth-order valence-corrected chi connectivity index (χ4v) is 1.92. The number of hydrazone groups is 1. The van der Waals surface area contributed by atoms with Crippen LogP contribution in [-0.2, 0) is 0 Å². The van der Waals surface area contributed by atoms with Crippen molar-refractivity contribution in [1.29, 1.82) is 0 Å². The van der Waals surface area contributed by atoms with E-state index in [0.29, 0.717) is 10.7 Å². The van der Waals surface area contributed by atoms with E-state index < -0.39 is 13.2 Å². The zero-order valence-electron chi connectivity index (χ0n) is 11.9. The van der Waals surface area contributed by atoms with Gasteiger partial charge in [-0.1, -0.05) is 17.7 Å². The molecule has 0 aromatic heterocycles. The van der Waals surface area contributed by atoms with E-state index in [9.17, 15) is 17.6 Å². The average molecular weight is 363 g/mol. The molecule has 4 nitrogen and oxygen atoms in total. The van der Waals surface area contributed by atoms with Gasteiger partial charge in [-0.05, 0) is 30.3 Å². The first kappa shape index (κ1) is 17.9. The van der Waals surface area contributed by atoms with Crippen LogP contribution in [0.5, 0.6) is 11.5 Å². The highest BCUT2D eigenvalue weighted by Crippen LogP contribution is 2.26. The maximum Gasteiger partial charge on any atom is 0.387 e. The van der Waals surface area contributed by atoms with Gasteiger partial charge in [0.05, 0.1) is 11.9 Å². The van der Waals surface area contributed by atoms with E-state index in [0.717, 1.165) is 6.07 Å². The molecule has 2 aromatic rings. The maximum absolute atomic E-state index is 12.4. The molecule has 24 heavy (non-hydrogen) atoms. The van der Waals surface area contributed by atoms with Crippen molar-refractivity contribution in [2.45, 2.75) is 13.2 Å². The van der Waals surface area contributed by atoms with E-state index in [1.54, 1.807) is 24.3 Å². The highest BCUT2D eigenvalue weighted by atomic mass is 35.5. The molecule has 128 valence electrons. The molecule has 9 heteroatoms. The third-order valence-electron chi connectivity index (χ3n) is 2.65. The summed E-state index contributed by atoms with van der Waals surface area (Å²) < 4.78 is 57.7. The lowest BCUT2D eigenvalue weighted by atomic mass is 10.2. The van der Waals surface area contributed by atoms with Crippen LogP contribution in [0.3, 0.4) is 0 Å². The van der Waals surface area contributed by atoms with Gasteiger partial charge in [-0.2, -0.15) is 22.7 Å². The maximum atomic E-state index is 12.4. The number of hydrogen-bond donors (Lipinski definition) is 1. The van der Waals surface area contributed by atoms with Gasteiger partial charge < -0.3 is 9.47 Å². The quantitative estimate of drug-likeness (QED) is 0.429. The second kappa shape index (κ2) is 8.39. The zero-order chi connectivity index (χ0) is 17.5. The summed E-state index contributed by atoms with van der Waals surface area (Å²) in [6, 6.07) is 10.0. The largest absolute Gasteiger partial charge is 0.435 e. The Morgan fingerprint density at radius 1 is 1.00 bits per heavy atom. The van der Waals surface area contributed by atoms with Crippen molar-refractivity contribution >= 4 is 23.5 Å². The smallest absolute Gasteiger partial charge is 0.387 e. The lowest BCUT2D eigenvalue weighted by Gasteiger charge is -2.10. The van der Waals surface area contributed by atoms with Gasteiger partial charge in [0.1, 0.15) is 11.5 Å². The van der Waals surface area contributed by atoms with Crippen molar-refractivity contribution in [3.63, 3.8) is 0 Å². The summed E-state index contributed by atoms with van der Waals surface area (Å²) in [5.74, 6) is -0.652. The average Bonchev–Trinajstić information content (AvgIpc) is 2.48.